The third-order valence-corrected chi connectivity index (χ3v) is 3.03. The van der Waals surface area contributed by atoms with E-state index in [0.717, 1.165) is 19.0 Å². The summed E-state index contributed by atoms with van der Waals surface area (Å²) in [7, 11) is 0. The van der Waals surface area contributed by atoms with Gasteiger partial charge in [0.2, 0.25) is 0 Å². The molecule has 0 spiro atoms. The van der Waals surface area contributed by atoms with Crippen LogP contribution in [0.5, 0.6) is 0 Å². The van der Waals surface area contributed by atoms with Crippen molar-refractivity contribution >= 4 is 11.2 Å². The second-order valence-electron chi connectivity index (χ2n) is 3.31. The van der Waals surface area contributed by atoms with E-state index in [-0.39, 0.29) is 0 Å². The molecule has 0 rings (SSSR count). The lowest BCUT2D eigenvalue weighted by atomic mass is 10.1. The van der Waals surface area contributed by atoms with Gasteiger partial charge >= 0.3 is 0 Å². The van der Waals surface area contributed by atoms with E-state index in [0.29, 0.717) is 5.25 Å². The molecule has 1 N–H and O–H groups in total. The standard InChI is InChI=1S/C10H21NS/c1-5-7-11-8-10(9(3)4)12-6-2/h9-11H,5,7-8H2,1-4H3. The fourth-order valence-corrected chi connectivity index (χ4v) is 1.76. The van der Waals surface area contributed by atoms with Crippen LogP contribution < -0.4 is 5.32 Å². The maximum absolute atomic E-state index is 3.44. The Hall–Kier alpha value is -0.0400. The molecule has 1 unspecified atom stereocenters. The number of hydrogen-bond acceptors (Lipinski definition) is 1. The summed E-state index contributed by atoms with van der Waals surface area (Å²) in [6.45, 7) is 11.0. The van der Waals surface area contributed by atoms with Crippen LogP contribution in [0.1, 0.15) is 34.1 Å². The second kappa shape index (κ2) is 7.60. The van der Waals surface area contributed by atoms with Crippen LogP contribution in [0.4, 0.5) is 0 Å². The van der Waals surface area contributed by atoms with E-state index < -0.39 is 0 Å². The topological polar surface area (TPSA) is 12.0 Å². The van der Waals surface area contributed by atoms with Crippen LogP contribution in [0.25, 0.3) is 0 Å². The van der Waals surface area contributed by atoms with Gasteiger partial charge in [-0.2, -0.15) is 0 Å². The zero-order chi connectivity index (χ0) is 9.40. The van der Waals surface area contributed by atoms with E-state index in [4.69, 9.17) is 0 Å². The SMILES string of the molecule is CC#SC(CNCCC)C(C)C. The lowest BCUT2D eigenvalue weighted by molar-refractivity contribution is 0.553. The van der Waals surface area contributed by atoms with Crippen molar-refractivity contribution in [2.45, 2.75) is 39.4 Å². The van der Waals surface area contributed by atoms with Crippen molar-refractivity contribution in [2.75, 3.05) is 13.1 Å². The third kappa shape index (κ3) is 5.59. The Bertz CT molecular complexity index is 155. The largest absolute Gasteiger partial charge is 0.315 e. The molecule has 0 heterocycles. The summed E-state index contributed by atoms with van der Waals surface area (Å²) in [4.78, 5) is 0. The first kappa shape index (κ1) is 12.0. The van der Waals surface area contributed by atoms with E-state index >= 15 is 0 Å². The molecule has 0 saturated heterocycles. The maximum atomic E-state index is 3.44. The van der Waals surface area contributed by atoms with Gasteiger partial charge in [0.25, 0.3) is 0 Å². The monoisotopic (exact) mass is 187 g/mol. The maximum Gasteiger partial charge on any atom is 0.0438 e. The molecular weight excluding hydrogens is 166 g/mol. The van der Waals surface area contributed by atoms with Gasteiger partial charge in [-0.1, -0.05) is 26.0 Å². The fraction of sp³-hybridized carbons (Fsp3) is 0.900. The van der Waals surface area contributed by atoms with Crippen LogP contribution >= 0.6 is 11.2 Å². The molecule has 0 bridgehead atoms. The molecule has 12 heavy (non-hydrogen) atoms. The third-order valence-electron chi connectivity index (χ3n) is 1.79. The van der Waals surface area contributed by atoms with E-state index in [2.05, 4.69) is 31.3 Å². The van der Waals surface area contributed by atoms with Crippen molar-refractivity contribution in [3.05, 3.63) is 0 Å². The first-order valence-electron chi connectivity index (χ1n) is 4.75. The van der Waals surface area contributed by atoms with Gasteiger partial charge in [0.15, 0.2) is 0 Å². The molecule has 0 fully saturated rings. The van der Waals surface area contributed by atoms with Gasteiger partial charge in [-0.25, -0.2) is 0 Å². The molecule has 0 aliphatic rings. The molecule has 0 aromatic rings. The van der Waals surface area contributed by atoms with Gasteiger partial charge in [0.05, 0.1) is 0 Å². The normalized spacial score (nSPS) is 12.8. The zero-order valence-corrected chi connectivity index (χ0v) is 9.50. The average molecular weight is 187 g/mol. The van der Waals surface area contributed by atoms with Crippen molar-refractivity contribution in [2.24, 2.45) is 5.92 Å². The van der Waals surface area contributed by atoms with E-state index in [9.17, 15) is 0 Å². The summed E-state index contributed by atoms with van der Waals surface area (Å²) < 4.78 is 0. The van der Waals surface area contributed by atoms with Crippen LogP contribution in [-0.4, -0.2) is 18.3 Å². The van der Waals surface area contributed by atoms with E-state index in [1.54, 1.807) is 0 Å². The lowest BCUT2D eigenvalue weighted by Gasteiger charge is -2.14. The average Bonchev–Trinajstić information content (AvgIpc) is 2.03. The molecule has 72 valence electrons. The molecule has 0 saturated carbocycles. The molecule has 0 aromatic heterocycles. The summed E-state index contributed by atoms with van der Waals surface area (Å²) in [5.41, 5.74) is 0. The summed E-state index contributed by atoms with van der Waals surface area (Å²) in [5.74, 6) is 0.729. The molecule has 2 heteroatoms. The minimum absolute atomic E-state index is 0.682. The molecule has 0 aliphatic carbocycles. The Labute approximate surface area is 80.5 Å². The molecule has 1 atom stereocenters. The van der Waals surface area contributed by atoms with Gasteiger partial charge in [-0.15, -0.1) is 11.2 Å². The first-order chi connectivity index (χ1) is 5.72. The van der Waals surface area contributed by atoms with Crippen molar-refractivity contribution in [3.8, 4) is 5.18 Å². The van der Waals surface area contributed by atoms with Crippen molar-refractivity contribution < 1.29 is 0 Å². The van der Waals surface area contributed by atoms with Gasteiger partial charge in [0, 0.05) is 11.8 Å². The minimum Gasteiger partial charge on any atom is -0.315 e. The molecule has 0 aromatic carbocycles. The van der Waals surface area contributed by atoms with Crippen LogP contribution in [0.2, 0.25) is 0 Å². The summed E-state index contributed by atoms with van der Waals surface area (Å²) in [5, 5.41) is 7.28. The highest BCUT2D eigenvalue weighted by Crippen LogP contribution is 2.10. The van der Waals surface area contributed by atoms with Crippen LogP contribution in [0, 0.1) is 11.1 Å². The Morgan fingerprint density at radius 3 is 2.50 bits per heavy atom. The molecule has 1 nitrogen and oxygen atoms in total. The predicted molar refractivity (Wildman–Crippen MR) is 58.9 cm³/mol. The number of rotatable bonds is 5. The summed E-state index contributed by atoms with van der Waals surface area (Å²) in [6.07, 6.45) is 1.22. The zero-order valence-electron chi connectivity index (χ0n) is 8.68. The Balaban J connectivity index is 3.69. The highest BCUT2D eigenvalue weighted by atomic mass is 32.1. The van der Waals surface area contributed by atoms with Gasteiger partial charge < -0.3 is 5.32 Å². The number of nitrogens with one attached hydrogen (secondary N) is 1. The quantitative estimate of drug-likeness (QED) is 0.653. The molecule has 0 radical (unpaired) electrons. The molecular formula is C10H21NS. The second-order valence-corrected chi connectivity index (χ2v) is 4.56. The summed E-state index contributed by atoms with van der Waals surface area (Å²) >= 11 is 1.82. The van der Waals surface area contributed by atoms with Crippen molar-refractivity contribution in [1.82, 2.24) is 5.32 Å². The molecule has 0 aliphatic heterocycles. The van der Waals surface area contributed by atoms with E-state index in [1.807, 2.05) is 18.1 Å². The first-order valence-corrected chi connectivity index (χ1v) is 5.63. The van der Waals surface area contributed by atoms with Crippen LogP contribution in [0.3, 0.4) is 0 Å². The lowest BCUT2D eigenvalue weighted by Crippen LogP contribution is -2.27. The molecule has 0 amide bonds. The predicted octanol–water partition coefficient (Wildman–Crippen LogP) is 2.72. The van der Waals surface area contributed by atoms with Gasteiger partial charge in [-0.3, -0.25) is 0 Å². The van der Waals surface area contributed by atoms with E-state index in [1.165, 1.54) is 6.42 Å². The van der Waals surface area contributed by atoms with Crippen LogP contribution in [-0.2, 0) is 0 Å². The van der Waals surface area contributed by atoms with Gasteiger partial charge in [-0.05, 0) is 25.8 Å². The minimum atomic E-state index is 0.682. The van der Waals surface area contributed by atoms with Gasteiger partial charge in [0.1, 0.15) is 0 Å². The van der Waals surface area contributed by atoms with Crippen molar-refractivity contribution in [1.29, 1.82) is 0 Å². The number of hydrogen-bond donors (Lipinski definition) is 1. The fourth-order valence-electron chi connectivity index (χ4n) is 0.986. The van der Waals surface area contributed by atoms with Crippen molar-refractivity contribution in [3.63, 3.8) is 0 Å². The Morgan fingerprint density at radius 1 is 1.42 bits per heavy atom. The highest BCUT2D eigenvalue weighted by molar-refractivity contribution is 7.89. The smallest absolute Gasteiger partial charge is 0.0438 e. The Kier molecular flexibility index (Phi) is 7.58. The van der Waals surface area contributed by atoms with Crippen LogP contribution in [0.15, 0.2) is 0 Å². The summed E-state index contributed by atoms with van der Waals surface area (Å²) in [6, 6.07) is 0. The Morgan fingerprint density at radius 2 is 2.08 bits per heavy atom. The highest BCUT2D eigenvalue weighted by Gasteiger charge is 2.08.